The summed E-state index contributed by atoms with van der Waals surface area (Å²) in [5, 5.41) is 4.21. The summed E-state index contributed by atoms with van der Waals surface area (Å²) in [6.07, 6.45) is 4.26. The lowest BCUT2D eigenvalue weighted by molar-refractivity contribution is 0.0702. The lowest BCUT2D eigenvalue weighted by Crippen LogP contribution is -2.48. The average molecular weight is 330 g/mol. The van der Waals surface area contributed by atoms with Crippen LogP contribution in [0.1, 0.15) is 46.4 Å². The van der Waals surface area contributed by atoms with Gasteiger partial charge in [-0.2, -0.15) is 0 Å². The summed E-state index contributed by atoms with van der Waals surface area (Å²) < 4.78 is 0. The van der Waals surface area contributed by atoms with Crippen LogP contribution in [-0.4, -0.2) is 35.4 Å². The highest BCUT2D eigenvalue weighted by molar-refractivity contribution is 6.30. The molecule has 2 aliphatic rings. The molecule has 1 aromatic carbocycles. The lowest BCUT2D eigenvalue weighted by atomic mass is 10.0. The molecule has 0 unspecified atom stereocenters. The van der Waals surface area contributed by atoms with Crippen LogP contribution in [0, 0.1) is 0 Å². The van der Waals surface area contributed by atoms with Crippen LogP contribution in [0.5, 0.6) is 0 Å². The van der Waals surface area contributed by atoms with Crippen LogP contribution < -0.4 is 5.32 Å². The van der Waals surface area contributed by atoms with Gasteiger partial charge in [0.25, 0.3) is 5.91 Å². The number of aromatic amines is 1. The van der Waals surface area contributed by atoms with E-state index in [9.17, 15) is 4.79 Å². The number of carbonyl (C=O) groups excluding carboxylic acids is 1. The third-order valence-corrected chi connectivity index (χ3v) is 4.94. The molecular formula is C18H20ClN3O. The van der Waals surface area contributed by atoms with Crippen LogP contribution >= 0.6 is 11.6 Å². The minimum atomic E-state index is 0.134. The Morgan fingerprint density at radius 2 is 2.13 bits per heavy atom. The predicted octanol–water partition coefficient (Wildman–Crippen LogP) is 3.33. The molecule has 2 heterocycles. The summed E-state index contributed by atoms with van der Waals surface area (Å²) in [5.41, 5.74) is 3.10. The van der Waals surface area contributed by atoms with Crippen molar-refractivity contribution in [2.24, 2.45) is 0 Å². The van der Waals surface area contributed by atoms with Gasteiger partial charge < -0.3 is 15.2 Å². The van der Waals surface area contributed by atoms with E-state index < -0.39 is 0 Å². The molecular weight excluding hydrogens is 310 g/mol. The topological polar surface area (TPSA) is 48.1 Å². The quantitative estimate of drug-likeness (QED) is 0.907. The van der Waals surface area contributed by atoms with E-state index in [0.717, 1.165) is 34.9 Å². The normalized spacial score (nSPS) is 21.4. The van der Waals surface area contributed by atoms with Crippen molar-refractivity contribution in [3.8, 4) is 0 Å². The van der Waals surface area contributed by atoms with Crippen molar-refractivity contribution < 1.29 is 4.79 Å². The van der Waals surface area contributed by atoms with E-state index >= 15 is 0 Å². The molecule has 4 rings (SSSR count). The maximum Gasteiger partial charge on any atom is 0.255 e. The van der Waals surface area contributed by atoms with E-state index in [-0.39, 0.29) is 11.9 Å². The van der Waals surface area contributed by atoms with Gasteiger partial charge in [-0.3, -0.25) is 4.79 Å². The number of hydrogen-bond donors (Lipinski definition) is 2. The first kappa shape index (κ1) is 14.8. The van der Waals surface area contributed by atoms with Gasteiger partial charge in [-0.1, -0.05) is 23.7 Å². The van der Waals surface area contributed by atoms with Gasteiger partial charge in [0.15, 0.2) is 0 Å². The molecule has 2 aromatic rings. The van der Waals surface area contributed by atoms with Crippen LogP contribution in [0.4, 0.5) is 0 Å². The number of benzene rings is 1. The van der Waals surface area contributed by atoms with E-state index in [4.69, 9.17) is 11.6 Å². The standard InChI is InChI=1S/C18H20ClN3O/c19-14-3-1-2-13(10-14)16-11-22(9-8-20-16)18(23)15-6-7-21-17(15)12-4-5-12/h1-3,6-7,10,12,16,20-21H,4-5,8-9,11H2/t16-/m0/s1. The van der Waals surface area contributed by atoms with E-state index in [0.29, 0.717) is 12.5 Å². The Balaban J connectivity index is 1.52. The minimum Gasteiger partial charge on any atom is -0.364 e. The highest BCUT2D eigenvalue weighted by Gasteiger charge is 2.32. The van der Waals surface area contributed by atoms with Gasteiger partial charge in [0.05, 0.1) is 11.6 Å². The number of aromatic nitrogens is 1. The molecule has 2 fully saturated rings. The lowest BCUT2D eigenvalue weighted by Gasteiger charge is -2.34. The van der Waals surface area contributed by atoms with Crippen LogP contribution in [0.15, 0.2) is 36.5 Å². The van der Waals surface area contributed by atoms with E-state index in [1.165, 1.54) is 12.8 Å². The SMILES string of the molecule is O=C(c1cc[nH]c1C1CC1)N1CCN[C@H](c2cccc(Cl)c2)C1. The number of halogens is 1. The Kier molecular flexibility index (Phi) is 3.87. The molecule has 1 aromatic heterocycles. The molecule has 1 amide bonds. The number of amides is 1. The monoisotopic (exact) mass is 329 g/mol. The smallest absolute Gasteiger partial charge is 0.255 e. The summed E-state index contributed by atoms with van der Waals surface area (Å²) in [7, 11) is 0. The summed E-state index contributed by atoms with van der Waals surface area (Å²) in [6.45, 7) is 2.21. The first-order valence-electron chi connectivity index (χ1n) is 8.18. The largest absolute Gasteiger partial charge is 0.364 e. The minimum absolute atomic E-state index is 0.134. The maximum atomic E-state index is 12.9. The number of nitrogens with zero attached hydrogens (tertiary/aromatic N) is 1. The summed E-state index contributed by atoms with van der Waals surface area (Å²) in [6, 6.07) is 9.92. The van der Waals surface area contributed by atoms with Crippen molar-refractivity contribution in [1.82, 2.24) is 15.2 Å². The van der Waals surface area contributed by atoms with Crippen molar-refractivity contribution in [3.63, 3.8) is 0 Å². The zero-order chi connectivity index (χ0) is 15.8. The van der Waals surface area contributed by atoms with Gasteiger partial charge >= 0.3 is 0 Å². The summed E-state index contributed by atoms with van der Waals surface area (Å²) in [5.74, 6) is 0.692. The molecule has 0 radical (unpaired) electrons. The number of nitrogens with one attached hydrogen (secondary N) is 2. The Labute approximate surface area is 140 Å². The molecule has 23 heavy (non-hydrogen) atoms. The molecule has 5 heteroatoms. The predicted molar refractivity (Wildman–Crippen MR) is 90.9 cm³/mol. The highest BCUT2D eigenvalue weighted by atomic mass is 35.5. The highest BCUT2D eigenvalue weighted by Crippen LogP contribution is 2.41. The molecule has 2 N–H and O–H groups in total. The van der Waals surface area contributed by atoms with Crippen LogP contribution in [0.25, 0.3) is 0 Å². The number of rotatable bonds is 3. The second-order valence-electron chi connectivity index (χ2n) is 6.39. The Hall–Kier alpha value is -1.78. The first-order chi connectivity index (χ1) is 11.2. The zero-order valence-corrected chi connectivity index (χ0v) is 13.6. The Morgan fingerprint density at radius 1 is 1.26 bits per heavy atom. The number of hydrogen-bond acceptors (Lipinski definition) is 2. The third kappa shape index (κ3) is 3.01. The number of carbonyl (C=O) groups is 1. The first-order valence-corrected chi connectivity index (χ1v) is 8.55. The second-order valence-corrected chi connectivity index (χ2v) is 6.83. The fourth-order valence-electron chi connectivity index (χ4n) is 3.33. The summed E-state index contributed by atoms with van der Waals surface area (Å²) >= 11 is 6.09. The van der Waals surface area contributed by atoms with E-state index in [2.05, 4.69) is 16.4 Å². The van der Waals surface area contributed by atoms with Crippen molar-refractivity contribution in [2.45, 2.75) is 24.8 Å². The Bertz CT molecular complexity index is 723. The van der Waals surface area contributed by atoms with E-state index in [1.807, 2.05) is 35.4 Å². The fourth-order valence-corrected chi connectivity index (χ4v) is 3.53. The molecule has 1 aliphatic carbocycles. The van der Waals surface area contributed by atoms with Crippen LogP contribution in [0.2, 0.25) is 5.02 Å². The average Bonchev–Trinajstić information content (AvgIpc) is 3.31. The molecule has 0 spiro atoms. The van der Waals surface area contributed by atoms with Crippen LogP contribution in [-0.2, 0) is 0 Å². The van der Waals surface area contributed by atoms with Crippen molar-refractivity contribution in [2.75, 3.05) is 19.6 Å². The molecule has 1 saturated carbocycles. The van der Waals surface area contributed by atoms with Gasteiger partial charge in [-0.15, -0.1) is 0 Å². The van der Waals surface area contributed by atoms with E-state index in [1.54, 1.807) is 0 Å². The molecule has 4 nitrogen and oxygen atoms in total. The molecule has 0 bridgehead atoms. The summed E-state index contributed by atoms with van der Waals surface area (Å²) in [4.78, 5) is 18.1. The van der Waals surface area contributed by atoms with Crippen molar-refractivity contribution in [1.29, 1.82) is 0 Å². The van der Waals surface area contributed by atoms with Crippen LogP contribution in [0.3, 0.4) is 0 Å². The zero-order valence-electron chi connectivity index (χ0n) is 12.9. The van der Waals surface area contributed by atoms with Crippen molar-refractivity contribution >= 4 is 17.5 Å². The second kappa shape index (κ2) is 6.02. The molecule has 1 aliphatic heterocycles. The number of piperazine rings is 1. The van der Waals surface area contributed by atoms with Gasteiger partial charge in [0, 0.05) is 36.5 Å². The fraction of sp³-hybridized carbons (Fsp3) is 0.389. The van der Waals surface area contributed by atoms with Gasteiger partial charge in [0.1, 0.15) is 0 Å². The number of H-pyrrole nitrogens is 1. The third-order valence-electron chi connectivity index (χ3n) is 4.71. The molecule has 120 valence electrons. The van der Waals surface area contributed by atoms with Gasteiger partial charge in [-0.05, 0) is 42.5 Å². The Morgan fingerprint density at radius 3 is 2.91 bits per heavy atom. The van der Waals surface area contributed by atoms with Crippen molar-refractivity contribution in [3.05, 3.63) is 58.4 Å². The molecule has 1 saturated heterocycles. The van der Waals surface area contributed by atoms with Gasteiger partial charge in [0.2, 0.25) is 0 Å². The van der Waals surface area contributed by atoms with Gasteiger partial charge in [-0.25, -0.2) is 0 Å². The molecule has 1 atom stereocenters. The maximum absolute atomic E-state index is 12.9.